The Bertz CT molecular complexity index is 607. The van der Waals surface area contributed by atoms with E-state index in [4.69, 9.17) is 9.47 Å². The van der Waals surface area contributed by atoms with Crippen molar-refractivity contribution in [1.29, 1.82) is 0 Å². The Morgan fingerprint density at radius 2 is 2.00 bits per heavy atom. The number of carbonyl (C=O) groups excluding carboxylic acids is 1. The van der Waals surface area contributed by atoms with E-state index >= 15 is 0 Å². The summed E-state index contributed by atoms with van der Waals surface area (Å²) in [5.74, 6) is 0.748. The summed E-state index contributed by atoms with van der Waals surface area (Å²) >= 11 is 0. The van der Waals surface area contributed by atoms with Crippen LogP contribution in [-0.4, -0.2) is 13.4 Å². The van der Waals surface area contributed by atoms with Crippen LogP contribution in [0.5, 0.6) is 5.75 Å². The average molecular weight is 268 g/mol. The summed E-state index contributed by atoms with van der Waals surface area (Å²) in [6.07, 6.45) is 1.02. The first kappa shape index (κ1) is 12.9. The van der Waals surface area contributed by atoms with E-state index in [9.17, 15) is 4.79 Å². The lowest BCUT2D eigenvalue weighted by atomic mass is 9.91. The van der Waals surface area contributed by atoms with E-state index in [2.05, 4.69) is 0 Å². The van der Waals surface area contributed by atoms with Crippen molar-refractivity contribution in [3.05, 3.63) is 65.2 Å². The minimum absolute atomic E-state index is 0.0766. The molecule has 2 aromatic rings. The van der Waals surface area contributed by atoms with Crippen LogP contribution >= 0.6 is 0 Å². The first-order valence-corrected chi connectivity index (χ1v) is 6.64. The van der Waals surface area contributed by atoms with E-state index in [1.54, 1.807) is 7.11 Å². The molecule has 2 unspecified atom stereocenters. The van der Waals surface area contributed by atoms with Gasteiger partial charge in [0.05, 0.1) is 13.2 Å². The third-order valence-corrected chi connectivity index (χ3v) is 3.67. The first-order chi connectivity index (χ1) is 9.81. The molecule has 0 N–H and O–H groups in total. The van der Waals surface area contributed by atoms with Crippen LogP contribution in [0.25, 0.3) is 0 Å². The Kier molecular flexibility index (Phi) is 3.52. The maximum absolute atomic E-state index is 11.3. The van der Waals surface area contributed by atoms with Gasteiger partial charge in [0.15, 0.2) is 6.29 Å². The Labute approximate surface area is 118 Å². The lowest BCUT2D eigenvalue weighted by Crippen LogP contribution is -2.21. The molecule has 3 rings (SSSR count). The molecule has 1 aliphatic rings. The molecule has 1 heterocycles. The second-order valence-corrected chi connectivity index (χ2v) is 4.86. The molecule has 2 aromatic carbocycles. The van der Waals surface area contributed by atoms with Gasteiger partial charge in [0.2, 0.25) is 0 Å². The van der Waals surface area contributed by atoms with Crippen LogP contribution < -0.4 is 4.74 Å². The summed E-state index contributed by atoms with van der Waals surface area (Å²) < 4.78 is 11.1. The summed E-state index contributed by atoms with van der Waals surface area (Å²) in [7, 11) is 1.62. The number of benzene rings is 2. The molecule has 20 heavy (non-hydrogen) atoms. The van der Waals surface area contributed by atoms with Crippen LogP contribution in [0.4, 0.5) is 0 Å². The fraction of sp³-hybridized carbons (Fsp3) is 0.235. The minimum atomic E-state index is -0.529. The van der Waals surface area contributed by atoms with Crippen molar-refractivity contribution in [3.63, 3.8) is 0 Å². The molecule has 0 saturated carbocycles. The Balaban J connectivity index is 1.97. The van der Waals surface area contributed by atoms with E-state index in [-0.39, 0.29) is 6.10 Å². The zero-order chi connectivity index (χ0) is 13.9. The van der Waals surface area contributed by atoms with Crippen LogP contribution in [0, 0.1) is 0 Å². The van der Waals surface area contributed by atoms with E-state index in [1.165, 1.54) is 0 Å². The molecule has 0 aliphatic carbocycles. The number of ether oxygens (including phenoxy) is 2. The summed E-state index contributed by atoms with van der Waals surface area (Å²) in [6, 6.07) is 15.8. The predicted molar refractivity (Wildman–Crippen MR) is 75.8 cm³/mol. The fourth-order valence-electron chi connectivity index (χ4n) is 2.62. The van der Waals surface area contributed by atoms with Crippen LogP contribution in [0.15, 0.2) is 48.5 Å². The topological polar surface area (TPSA) is 35.5 Å². The van der Waals surface area contributed by atoms with E-state index < -0.39 is 6.10 Å². The largest absolute Gasteiger partial charge is 0.497 e. The molecular weight excluding hydrogens is 252 g/mol. The molecule has 0 spiro atoms. The highest BCUT2D eigenvalue weighted by molar-refractivity contribution is 5.63. The number of carbonyl (C=O) groups is 1. The van der Waals surface area contributed by atoms with Crippen molar-refractivity contribution in [2.45, 2.75) is 18.6 Å². The number of hydrogen-bond acceptors (Lipinski definition) is 3. The smallest absolute Gasteiger partial charge is 0.153 e. The van der Waals surface area contributed by atoms with Gasteiger partial charge in [0.1, 0.15) is 11.9 Å². The highest BCUT2D eigenvalue weighted by Crippen LogP contribution is 2.37. The van der Waals surface area contributed by atoms with Gasteiger partial charge in [0, 0.05) is 6.42 Å². The van der Waals surface area contributed by atoms with Crippen molar-refractivity contribution in [2.24, 2.45) is 0 Å². The quantitative estimate of drug-likeness (QED) is 0.802. The van der Waals surface area contributed by atoms with Crippen molar-refractivity contribution >= 4 is 6.29 Å². The molecule has 3 heteroatoms. The van der Waals surface area contributed by atoms with Crippen LogP contribution in [0.3, 0.4) is 0 Å². The van der Waals surface area contributed by atoms with Gasteiger partial charge >= 0.3 is 0 Å². The molecule has 0 amide bonds. The summed E-state index contributed by atoms with van der Waals surface area (Å²) in [5, 5.41) is 0. The Morgan fingerprint density at radius 1 is 1.20 bits per heavy atom. The van der Waals surface area contributed by atoms with Crippen LogP contribution in [0.2, 0.25) is 0 Å². The van der Waals surface area contributed by atoms with Crippen molar-refractivity contribution in [2.75, 3.05) is 7.11 Å². The van der Waals surface area contributed by atoms with E-state index in [1.807, 2.05) is 48.5 Å². The molecule has 0 saturated heterocycles. The van der Waals surface area contributed by atoms with Crippen molar-refractivity contribution < 1.29 is 14.3 Å². The van der Waals surface area contributed by atoms with Gasteiger partial charge in [-0.25, -0.2) is 0 Å². The summed E-state index contributed by atoms with van der Waals surface area (Å²) in [5.41, 5.74) is 3.15. The molecule has 0 fully saturated rings. The van der Waals surface area contributed by atoms with E-state index in [0.29, 0.717) is 0 Å². The zero-order valence-electron chi connectivity index (χ0n) is 11.3. The van der Waals surface area contributed by atoms with Gasteiger partial charge in [-0.3, -0.25) is 0 Å². The lowest BCUT2D eigenvalue weighted by Gasteiger charge is -2.30. The molecule has 3 nitrogen and oxygen atoms in total. The van der Waals surface area contributed by atoms with Crippen LogP contribution in [0.1, 0.15) is 28.9 Å². The molecule has 2 atom stereocenters. The first-order valence-electron chi connectivity index (χ1n) is 6.64. The second-order valence-electron chi connectivity index (χ2n) is 4.86. The van der Waals surface area contributed by atoms with Gasteiger partial charge in [-0.15, -0.1) is 0 Å². The number of hydrogen-bond donors (Lipinski definition) is 0. The number of methoxy groups -OCH3 is 1. The third-order valence-electron chi connectivity index (χ3n) is 3.67. The SMILES string of the molecule is COc1ccc2c(c1)C(C=O)OC(c1ccccc1)C2. The van der Waals surface area contributed by atoms with Gasteiger partial charge < -0.3 is 14.3 Å². The highest BCUT2D eigenvalue weighted by atomic mass is 16.5. The number of rotatable bonds is 3. The summed E-state index contributed by atoms with van der Waals surface area (Å²) in [4.78, 5) is 11.3. The van der Waals surface area contributed by atoms with Crippen molar-refractivity contribution in [1.82, 2.24) is 0 Å². The average Bonchev–Trinajstić information content (AvgIpc) is 2.54. The molecule has 1 aliphatic heterocycles. The molecular formula is C17H16O3. The standard InChI is InChI=1S/C17H16O3/c1-19-14-8-7-13-9-16(12-5-3-2-4-6-12)20-17(11-18)15(13)10-14/h2-8,10-11,16-17H,9H2,1H3. The highest BCUT2D eigenvalue weighted by Gasteiger charge is 2.28. The van der Waals surface area contributed by atoms with Gasteiger partial charge in [-0.05, 0) is 28.8 Å². The van der Waals surface area contributed by atoms with Gasteiger partial charge in [-0.2, -0.15) is 0 Å². The Hall–Kier alpha value is -2.13. The zero-order valence-corrected chi connectivity index (χ0v) is 11.3. The second kappa shape index (κ2) is 5.47. The van der Waals surface area contributed by atoms with Crippen LogP contribution in [-0.2, 0) is 16.0 Å². The Morgan fingerprint density at radius 3 is 2.70 bits per heavy atom. The molecule has 0 bridgehead atoms. The third kappa shape index (κ3) is 2.32. The lowest BCUT2D eigenvalue weighted by molar-refractivity contribution is -0.124. The number of fused-ring (bicyclic) bond motifs is 1. The molecule has 0 aromatic heterocycles. The monoisotopic (exact) mass is 268 g/mol. The minimum Gasteiger partial charge on any atom is -0.497 e. The normalized spacial score (nSPS) is 21.1. The van der Waals surface area contributed by atoms with Gasteiger partial charge in [0.25, 0.3) is 0 Å². The maximum atomic E-state index is 11.3. The summed E-state index contributed by atoms with van der Waals surface area (Å²) in [6.45, 7) is 0. The van der Waals surface area contributed by atoms with E-state index in [0.717, 1.165) is 35.1 Å². The van der Waals surface area contributed by atoms with Crippen molar-refractivity contribution in [3.8, 4) is 5.75 Å². The predicted octanol–water partition coefficient (Wildman–Crippen LogP) is 3.25. The molecule has 102 valence electrons. The maximum Gasteiger partial charge on any atom is 0.153 e. The number of aldehydes is 1. The fourth-order valence-corrected chi connectivity index (χ4v) is 2.62. The van der Waals surface area contributed by atoms with Gasteiger partial charge in [-0.1, -0.05) is 36.4 Å². The molecule has 0 radical (unpaired) electrons.